The molecule has 7 nitrogen and oxygen atoms in total. The molecule has 2 amide bonds. The van der Waals surface area contributed by atoms with E-state index in [-0.39, 0.29) is 36.1 Å². The van der Waals surface area contributed by atoms with E-state index in [2.05, 4.69) is 11.6 Å². The van der Waals surface area contributed by atoms with E-state index in [1.165, 1.54) is 11.3 Å². The van der Waals surface area contributed by atoms with Gasteiger partial charge in [0.05, 0.1) is 4.90 Å². The summed E-state index contributed by atoms with van der Waals surface area (Å²) in [6.07, 6.45) is 3.04. The number of thiophene rings is 1. The number of rotatable bonds is 7. The monoisotopic (exact) mass is 475 g/mol. The minimum absolute atomic E-state index is 0.0444. The van der Waals surface area contributed by atoms with Gasteiger partial charge in [0.2, 0.25) is 21.8 Å². The summed E-state index contributed by atoms with van der Waals surface area (Å²) in [5.74, 6) is 0.609. The number of amides is 2. The van der Waals surface area contributed by atoms with Crippen LogP contribution in [0.2, 0.25) is 0 Å². The highest BCUT2D eigenvalue weighted by molar-refractivity contribution is 7.89. The average Bonchev–Trinajstić information content (AvgIpc) is 3.46. The van der Waals surface area contributed by atoms with Gasteiger partial charge in [0.25, 0.3) is 0 Å². The summed E-state index contributed by atoms with van der Waals surface area (Å²) in [7, 11) is -3.63. The molecule has 0 unspecified atom stereocenters. The maximum absolute atomic E-state index is 12.8. The number of carbonyl (C=O) groups excluding carboxylic acids is 2. The third-order valence-electron chi connectivity index (χ3n) is 6.26. The predicted molar refractivity (Wildman–Crippen MR) is 125 cm³/mol. The molecule has 1 aromatic heterocycles. The fraction of sp³-hybridized carbons (Fsp3) is 0.478. The van der Waals surface area contributed by atoms with Crippen molar-refractivity contribution in [3.05, 3.63) is 46.2 Å². The number of anilines is 1. The van der Waals surface area contributed by atoms with Crippen LogP contribution in [0.25, 0.3) is 0 Å². The topological polar surface area (TPSA) is 86.8 Å². The van der Waals surface area contributed by atoms with Gasteiger partial charge in [-0.1, -0.05) is 13.0 Å². The van der Waals surface area contributed by atoms with Gasteiger partial charge in [0, 0.05) is 49.6 Å². The summed E-state index contributed by atoms with van der Waals surface area (Å²) in [4.78, 5) is 29.9. The molecule has 2 aliphatic rings. The van der Waals surface area contributed by atoms with Crippen LogP contribution >= 0.6 is 11.3 Å². The lowest BCUT2D eigenvalue weighted by Crippen LogP contribution is -2.38. The molecule has 0 atom stereocenters. The third-order valence-corrected chi connectivity index (χ3v) is 8.54. The van der Waals surface area contributed by atoms with E-state index < -0.39 is 10.0 Å². The van der Waals surface area contributed by atoms with Gasteiger partial charge in [0.1, 0.15) is 0 Å². The number of hydrogen-bond acceptors (Lipinski definition) is 5. The molecular formula is C23H29N3O4S2. The highest BCUT2D eigenvalue weighted by atomic mass is 32.2. The van der Waals surface area contributed by atoms with Crippen LogP contribution in [-0.4, -0.2) is 44.8 Å². The Kier molecular flexibility index (Phi) is 6.97. The normalized spacial score (nSPS) is 16.9. The third kappa shape index (κ3) is 5.22. The molecule has 0 saturated carbocycles. The quantitative estimate of drug-likeness (QED) is 0.667. The van der Waals surface area contributed by atoms with Crippen molar-refractivity contribution in [3.8, 4) is 0 Å². The fourth-order valence-electron chi connectivity index (χ4n) is 4.23. The van der Waals surface area contributed by atoms with Crippen LogP contribution in [0.5, 0.6) is 0 Å². The Morgan fingerprint density at radius 2 is 1.84 bits per heavy atom. The van der Waals surface area contributed by atoms with Crippen LogP contribution in [0.1, 0.15) is 43.0 Å². The molecule has 1 saturated heterocycles. The lowest BCUT2D eigenvalue weighted by Gasteiger charge is -2.30. The summed E-state index contributed by atoms with van der Waals surface area (Å²) >= 11 is 1.50. The summed E-state index contributed by atoms with van der Waals surface area (Å²) in [5, 5.41) is 1.91. The van der Waals surface area contributed by atoms with Gasteiger partial charge in [-0.15, -0.1) is 11.3 Å². The number of nitrogens with zero attached hydrogens (tertiary/aromatic N) is 2. The zero-order valence-electron chi connectivity index (χ0n) is 18.2. The Balaban J connectivity index is 1.35. The van der Waals surface area contributed by atoms with Gasteiger partial charge in [-0.25, -0.2) is 13.1 Å². The van der Waals surface area contributed by atoms with Gasteiger partial charge < -0.3 is 9.80 Å². The van der Waals surface area contributed by atoms with Crippen molar-refractivity contribution >= 4 is 38.9 Å². The van der Waals surface area contributed by atoms with E-state index in [1.807, 2.05) is 22.4 Å². The van der Waals surface area contributed by atoms with Crippen LogP contribution < -0.4 is 9.62 Å². The lowest BCUT2D eigenvalue weighted by molar-refractivity contribution is -0.134. The summed E-state index contributed by atoms with van der Waals surface area (Å²) in [5.41, 5.74) is 1.58. The number of carbonyl (C=O) groups is 2. The molecule has 4 rings (SSSR count). The van der Waals surface area contributed by atoms with Crippen molar-refractivity contribution < 1.29 is 18.0 Å². The maximum atomic E-state index is 12.8. The van der Waals surface area contributed by atoms with Gasteiger partial charge in [-0.3, -0.25) is 9.59 Å². The zero-order chi connectivity index (χ0) is 22.7. The number of fused-ring (bicyclic) bond motifs is 1. The van der Waals surface area contributed by atoms with Gasteiger partial charge in [-0.2, -0.15) is 0 Å². The Hall–Kier alpha value is -2.23. The van der Waals surface area contributed by atoms with Crippen molar-refractivity contribution in [2.75, 3.05) is 24.5 Å². The first-order valence-electron chi connectivity index (χ1n) is 11.1. The second-order valence-corrected chi connectivity index (χ2v) is 11.4. The van der Waals surface area contributed by atoms with E-state index in [9.17, 15) is 18.0 Å². The zero-order valence-corrected chi connectivity index (χ0v) is 19.9. The number of piperidine rings is 1. The van der Waals surface area contributed by atoms with Gasteiger partial charge in [-0.05, 0) is 60.4 Å². The Bertz CT molecular complexity index is 1070. The molecule has 1 fully saturated rings. The van der Waals surface area contributed by atoms with Crippen LogP contribution in [0.3, 0.4) is 0 Å². The van der Waals surface area contributed by atoms with Crippen molar-refractivity contribution in [1.82, 2.24) is 9.62 Å². The highest BCUT2D eigenvalue weighted by Crippen LogP contribution is 2.31. The fourth-order valence-corrected chi connectivity index (χ4v) is 6.02. The summed E-state index contributed by atoms with van der Waals surface area (Å²) in [6.45, 7) is 4.52. The van der Waals surface area contributed by atoms with Crippen molar-refractivity contribution in [3.63, 3.8) is 0 Å². The molecule has 2 aliphatic heterocycles. The first-order chi connectivity index (χ1) is 15.3. The van der Waals surface area contributed by atoms with Gasteiger partial charge >= 0.3 is 0 Å². The minimum Gasteiger partial charge on any atom is -0.343 e. The molecule has 2 aromatic rings. The average molecular weight is 476 g/mol. The molecule has 172 valence electrons. The first kappa shape index (κ1) is 22.9. The second kappa shape index (κ2) is 9.72. The minimum atomic E-state index is -3.63. The smallest absolute Gasteiger partial charge is 0.240 e. The SMILES string of the molecule is CC1CCN(C(=O)CCC(=O)N2CCc3cc(S(=O)(=O)NCc4cccs4)ccc32)CC1. The summed E-state index contributed by atoms with van der Waals surface area (Å²) in [6, 6.07) is 8.67. The van der Waals surface area contributed by atoms with Gasteiger partial charge in [0.15, 0.2) is 0 Å². The molecule has 0 spiro atoms. The van der Waals surface area contributed by atoms with Crippen molar-refractivity contribution in [2.45, 2.75) is 50.5 Å². The second-order valence-electron chi connectivity index (χ2n) is 8.55. The van der Waals surface area contributed by atoms with Crippen LogP contribution in [0, 0.1) is 5.92 Å². The predicted octanol–water partition coefficient (Wildman–Crippen LogP) is 3.15. The van der Waals surface area contributed by atoms with E-state index in [0.717, 1.165) is 42.1 Å². The molecule has 1 aromatic carbocycles. The number of nitrogens with one attached hydrogen (secondary N) is 1. The van der Waals surface area contributed by atoms with E-state index >= 15 is 0 Å². The standard InChI is InChI=1S/C23H29N3O4S2/c1-17-8-11-25(12-9-17)22(27)6-7-23(28)26-13-10-18-15-20(4-5-21(18)26)32(29,30)24-16-19-3-2-14-31-19/h2-5,14-15,17,24H,6-13,16H2,1H3. The van der Waals surface area contributed by atoms with Crippen molar-refractivity contribution in [1.29, 1.82) is 0 Å². The van der Waals surface area contributed by atoms with Crippen LogP contribution in [0.4, 0.5) is 5.69 Å². The maximum Gasteiger partial charge on any atom is 0.240 e. The summed E-state index contributed by atoms with van der Waals surface area (Å²) < 4.78 is 28.0. The number of hydrogen-bond donors (Lipinski definition) is 1. The Morgan fingerprint density at radius 1 is 1.09 bits per heavy atom. The Morgan fingerprint density at radius 3 is 2.56 bits per heavy atom. The molecule has 9 heteroatoms. The van der Waals surface area contributed by atoms with Crippen LogP contribution in [-0.2, 0) is 32.6 Å². The molecular weight excluding hydrogens is 446 g/mol. The van der Waals surface area contributed by atoms with Crippen LogP contribution in [0.15, 0.2) is 40.6 Å². The molecule has 1 N–H and O–H groups in total. The van der Waals surface area contributed by atoms with E-state index in [1.54, 1.807) is 23.1 Å². The molecule has 0 radical (unpaired) electrons. The molecule has 0 bridgehead atoms. The number of likely N-dealkylation sites (tertiary alicyclic amines) is 1. The Labute approximate surface area is 193 Å². The van der Waals surface area contributed by atoms with E-state index in [0.29, 0.717) is 18.9 Å². The molecule has 32 heavy (non-hydrogen) atoms. The lowest BCUT2D eigenvalue weighted by atomic mass is 9.99. The molecule has 0 aliphatic carbocycles. The first-order valence-corrected chi connectivity index (χ1v) is 13.4. The highest BCUT2D eigenvalue weighted by Gasteiger charge is 2.28. The van der Waals surface area contributed by atoms with E-state index in [4.69, 9.17) is 0 Å². The molecule has 3 heterocycles. The number of sulfonamides is 1. The largest absolute Gasteiger partial charge is 0.343 e. The number of benzene rings is 1. The van der Waals surface area contributed by atoms with Crippen molar-refractivity contribution in [2.24, 2.45) is 5.92 Å².